The highest BCUT2D eigenvalue weighted by atomic mass is 79.9. The number of hydrogen-bond acceptors (Lipinski definition) is 3. The highest BCUT2D eigenvalue weighted by Gasteiger charge is 2.43. The predicted molar refractivity (Wildman–Crippen MR) is 101 cm³/mol. The second kappa shape index (κ2) is 8.45. The minimum atomic E-state index is 0.180. The summed E-state index contributed by atoms with van der Waals surface area (Å²) in [4.78, 5) is 17.3. The number of nitrogens with one attached hydrogen (secondary N) is 1. The van der Waals surface area contributed by atoms with Crippen molar-refractivity contribution in [2.45, 2.75) is 25.7 Å². The van der Waals surface area contributed by atoms with Gasteiger partial charge < -0.3 is 15.1 Å². The summed E-state index contributed by atoms with van der Waals surface area (Å²) in [5.41, 5.74) is 1.28. The van der Waals surface area contributed by atoms with Crippen LogP contribution < -0.4 is 5.32 Å². The standard InChI is InChI=1S/C19H28BrN3O/c1-2-22-10-12-23(13-11-22)9-3-8-21-19(24)18-14-17(18)15-4-6-16(20)7-5-15/h4-7,17-18H,2-3,8-14H2,1H3,(H,21,24). The molecular weight excluding hydrogens is 366 g/mol. The lowest BCUT2D eigenvalue weighted by atomic mass is 10.1. The van der Waals surface area contributed by atoms with E-state index in [0.717, 1.165) is 50.0 Å². The molecule has 0 spiro atoms. The molecule has 0 bridgehead atoms. The van der Waals surface area contributed by atoms with Gasteiger partial charge >= 0.3 is 0 Å². The Bertz CT molecular complexity index is 540. The largest absolute Gasteiger partial charge is 0.356 e. The third-order valence-electron chi connectivity index (χ3n) is 5.29. The summed E-state index contributed by atoms with van der Waals surface area (Å²) in [5, 5.41) is 3.13. The summed E-state index contributed by atoms with van der Waals surface area (Å²) in [6, 6.07) is 8.36. The van der Waals surface area contributed by atoms with Gasteiger partial charge in [0.1, 0.15) is 0 Å². The van der Waals surface area contributed by atoms with Crippen molar-refractivity contribution in [3.05, 3.63) is 34.3 Å². The van der Waals surface area contributed by atoms with Gasteiger partial charge in [-0.25, -0.2) is 0 Å². The fraction of sp³-hybridized carbons (Fsp3) is 0.632. The second-order valence-corrected chi connectivity index (χ2v) is 7.84. The lowest BCUT2D eigenvalue weighted by molar-refractivity contribution is -0.122. The van der Waals surface area contributed by atoms with Gasteiger partial charge in [-0.15, -0.1) is 0 Å². The molecule has 1 saturated carbocycles. The maximum atomic E-state index is 12.2. The van der Waals surface area contributed by atoms with Crippen LogP contribution in [0.2, 0.25) is 0 Å². The number of rotatable bonds is 7. The fourth-order valence-corrected chi connectivity index (χ4v) is 3.80. The first-order chi connectivity index (χ1) is 11.7. The van der Waals surface area contributed by atoms with Crippen molar-refractivity contribution in [3.63, 3.8) is 0 Å². The highest BCUT2D eigenvalue weighted by molar-refractivity contribution is 9.10. The molecule has 1 aromatic carbocycles. The van der Waals surface area contributed by atoms with E-state index in [1.165, 1.54) is 18.7 Å². The summed E-state index contributed by atoms with van der Waals surface area (Å²) in [6.45, 7) is 9.97. The molecule has 1 N–H and O–H groups in total. The molecule has 2 fully saturated rings. The van der Waals surface area contributed by atoms with Gasteiger partial charge in [0.15, 0.2) is 0 Å². The lowest BCUT2D eigenvalue weighted by Gasteiger charge is -2.33. The number of likely N-dealkylation sites (N-methyl/N-ethyl adjacent to an activating group) is 1. The summed E-state index contributed by atoms with van der Waals surface area (Å²) < 4.78 is 1.09. The SMILES string of the molecule is CCN1CCN(CCCNC(=O)C2CC2c2ccc(Br)cc2)CC1. The van der Waals surface area contributed by atoms with Crippen LogP contribution in [-0.4, -0.2) is 61.5 Å². The zero-order chi connectivity index (χ0) is 16.9. The maximum Gasteiger partial charge on any atom is 0.223 e. The van der Waals surface area contributed by atoms with Crippen LogP contribution in [0.15, 0.2) is 28.7 Å². The molecule has 2 unspecified atom stereocenters. The number of halogens is 1. The first-order valence-corrected chi connectivity index (χ1v) is 9.94. The number of benzene rings is 1. The van der Waals surface area contributed by atoms with E-state index in [9.17, 15) is 4.79 Å². The first-order valence-electron chi connectivity index (χ1n) is 9.15. The quantitative estimate of drug-likeness (QED) is 0.723. The Kier molecular flexibility index (Phi) is 6.31. The molecule has 24 heavy (non-hydrogen) atoms. The van der Waals surface area contributed by atoms with E-state index >= 15 is 0 Å². The van der Waals surface area contributed by atoms with Crippen molar-refractivity contribution >= 4 is 21.8 Å². The summed E-state index contributed by atoms with van der Waals surface area (Å²) in [7, 11) is 0. The summed E-state index contributed by atoms with van der Waals surface area (Å²) >= 11 is 3.46. The van der Waals surface area contributed by atoms with Gasteiger partial charge in [0.2, 0.25) is 5.91 Å². The normalized spacial score (nSPS) is 24.8. The fourth-order valence-electron chi connectivity index (χ4n) is 3.54. The average Bonchev–Trinajstić information content (AvgIpc) is 3.40. The molecule has 1 aliphatic heterocycles. The molecule has 132 valence electrons. The Labute approximate surface area is 153 Å². The minimum Gasteiger partial charge on any atom is -0.356 e. The van der Waals surface area contributed by atoms with Gasteiger partial charge in [-0.1, -0.05) is 35.0 Å². The minimum absolute atomic E-state index is 0.180. The number of nitrogens with zero attached hydrogens (tertiary/aromatic N) is 2. The van der Waals surface area contributed by atoms with Crippen LogP contribution in [0.5, 0.6) is 0 Å². The Morgan fingerprint density at radius 2 is 1.83 bits per heavy atom. The Balaban J connectivity index is 1.30. The molecule has 1 saturated heterocycles. The molecule has 0 aromatic heterocycles. The van der Waals surface area contributed by atoms with Crippen LogP contribution >= 0.6 is 15.9 Å². The molecule has 5 heteroatoms. The Morgan fingerprint density at radius 3 is 2.50 bits per heavy atom. The molecular formula is C19H28BrN3O. The number of amides is 1. The average molecular weight is 394 g/mol. The van der Waals surface area contributed by atoms with Gasteiger partial charge in [-0.3, -0.25) is 4.79 Å². The summed E-state index contributed by atoms with van der Waals surface area (Å²) in [6.07, 6.45) is 2.04. The molecule has 3 rings (SSSR count). The molecule has 1 aromatic rings. The Morgan fingerprint density at radius 1 is 1.17 bits per heavy atom. The van der Waals surface area contributed by atoms with Gasteiger partial charge in [-0.2, -0.15) is 0 Å². The van der Waals surface area contributed by atoms with Crippen LogP contribution in [0.4, 0.5) is 0 Å². The molecule has 4 nitrogen and oxygen atoms in total. The summed E-state index contributed by atoms with van der Waals surface area (Å²) in [5.74, 6) is 0.832. The zero-order valence-corrected chi connectivity index (χ0v) is 16.1. The first kappa shape index (κ1) is 17.9. The van der Waals surface area contributed by atoms with E-state index in [1.807, 2.05) is 0 Å². The Hall–Kier alpha value is -0.910. The van der Waals surface area contributed by atoms with Crippen LogP contribution in [0, 0.1) is 5.92 Å². The van der Waals surface area contributed by atoms with Gasteiger partial charge in [0.05, 0.1) is 0 Å². The van der Waals surface area contributed by atoms with E-state index in [4.69, 9.17) is 0 Å². The number of piperazine rings is 1. The number of hydrogen-bond donors (Lipinski definition) is 1. The third kappa shape index (κ3) is 4.80. The lowest BCUT2D eigenvalue weighted by Crippen LogP contribution is -2.46. The van der Waals surface area contributed by atoms with Crippen molar-refractivity contribution in [1.82, 2.24) is 15.1 Å². The molecule has 1 heterocycles. The van der Waals surface area contributed by atoms with Crippen LogP contribution in [0.1, 0.15) is 31.2 Å². The molecule has 1 amide bonds. The van der Waals surface area contributed by atoms with Crippen LogP contribution in [0.25, 0.3) is 0 Å². The molecule has 2 atom stereocenters. The van der Waals surface area contributed by atoms with Gasteiger partial charge in [-0.05, 0) is 49.5 Å². The smallest absolute Gasteiger partial charge is 0.223 e. The topological polar surface area (TPSA) is 35.6 Å². The molecule has 2 aliphatic rings. The van der Waals surface area contributed by atoms with E-state index in [-0.39, 0.29) is 11.8 Å². The third-order valence-corrected chi connectivity index (χ3v) is 5.82. The van der Waals surface area contributed by atoms with Crippen molar-refractivity contribution in [3.8, 4) is 0 Å². The molecule has 0 radical (unpaired) electrons. The van der Waals surface area contributed by atoms with Crippen molar-refractivity contribution in [2.24, 2.45) is 5.92 Å². The van der Waals surface area contributed by atoms with E-state index < -0.39 is 0 Å². The van der Waals surface area contributed by atoms with Gasteiger partial charge in [0, 0.05) is 43.1 Å². The van der Waals surface area contributed by atoms with Crippen LogP contribution in [0.3, 0.4) is 0 Å². The van der Waals surface area contributed by atoms with Crippen molar-refractivity contribution in [1.29, 1.82) is 0 Å². The molecule has 1 aliphatic carbocycles. The predicted octanol–water partition coefficient (Wildman–Crippen LogP) is 2.70. The van der Waals surface area contributed by atoms with E-state index in [2.05, 4.69) is 62.2 Å². The zero-order valence-electron chi connectivity index (χ0n) is 14.5. The van der Waals surface area contributed by atoms with E-state index in [1.54, 1.807) is 0 Å². The monoisotopic (exact) mass is 393 g/mol. The maximum absolute atomic E-state index is 12.2. The van der Waals surface area contributed by atoms with Crippen LogP contribution in [-0.2, 0) is 4.79 Å². The second-order valence-electron chi connectivity index (χ2n) is 6.92. The van der Waals surface area contributed by atoms with Crippen molar-refractivity contribution in [2.75, 3.05) is 45.8 Å². The van der Waals surface area contributed by atoms with E-state index in [0.29, 0.717) is 5.92 Å². The number of carbonyl (C=O) groups is 1. The van der Waals surface area contributed by atoms with Crippen molar-refractivity contribution < 1.29 is 4.79 Å². The highest BCUT2D eigenvalue weighted by Crippen LogP contribution is 2.47. The number of carbonyl (C=O) groups excluding carboxylic acids is 1. The van der Waals surface area contributed by atoms with Gasteiger partial charge in [0.25, 0.3) is 0 Å².